The number of fused-ring (bicyclic) bond motifs is 6. The van der Waals surface area contributed by atoms with E-state index in [-0.39, 0.29) is 0 Å². The molecule has 0 atom stereocenters. The van der Waals surface area contributed by atoms with Crippen molar-refractivity contribution in [3.63, 3.8) is 0 Å². The molecule has 6 heteroatoms. The maximum atomic E-state index is 5.20. The van der Waals surface area contributed by atoms with E-state index in [9.17, 15) is 0 Å². The Morgan fingerprint density at radius 1 is 0.769 bits per heavy atom. The van der Waals surface area contributed by atoms with Gasteiger partial charge >= 0.3 is 0 Å². The Hall–Kier alpha value is -3.80. The van der Waals surface area contributed by atoms with E-state index in [1.165, 1.54) is 0 Å². The zero-order chi connectivity index (χ0) is 17.3. The van der Waals surface area contributed by atoms with E-state index >= 15 is 0 Å². The van der Waals surface area contributed by atoms with Crippen molar-refractivity contribution >= 4 is 44.7 Å². The third kappa shape index (κ3) is 2.36. The monoisotopic (exact) mass is 339 g/mol. The zero-order valence-electron chi connectivity index (χ0n) is 13.6. The number of nitrogens with one attached hydrogen (secondary N) is 1. The summed E-state index contributed by atoms with van der Waals surface area (Å²) >= 11 is 0. The summed E-state index contributed by atoms with van der Waals surface area (Å²) in [6.07, 6.45) is 3.15. The summed E-state index contributed by atoms with van der Waals surface area (Å²) in [4.78, 5) is 4.64. The molecule has 0 aliphatic carbocycles. The van der Waals surface area contributed by atoms with Crippen molar-refractivity contribution in [1.82, 2.24) is 15.2 Å². The summed E-state index contributed by atoms with van der Waals surface area (Å²) in [7, 11) is 0. The SMILES string of the molecule is C(=N/Nc1nnc2c3ccccc3c3ccccc3c2n1)/c1ccco1. The van der Waals surface area contributed by atoms with Crippen LogP contribution in [0.4, 0.5) is 5.95 Å². The van der Waals surface area contributed by atoms with E-state index < -0.39 is 0 Å². The Kier molecular flexibility index (Phi) is 3.31. The Morgan fingerprint density at radius 3 is 2.15 bits per heavy atom. The largest absolute Gasteiger partial charge is 0.463 e. The highest BCUT2D eigenvalue weighted by Gasteiger charge is 2.11. The Bertz CT molecular complexity index is 1230. The Balaban J connectivity index is 1.68. The van der Waals surface area contributed by atoms with Crippen LogP contribution in [0, 0.1) is 0 Å². The van der Waals surface area contributed by atoms with Gasteiger partial charge in [0.15, 0.2) is 0 Å². The second kappa shape index (κ2) is 5.93. The number of hydrogen-bond acceptors (Lipinski definition) is 6. The standard InChI is InChI=1S/C20H13N5O/c1-3-9-16-14(7-1)15-8-2-4-10-17(15)19-18(16)22-20(25-23-19)24-21-12-13-6-5-11-26-13/h1-12H,(H,22,24,25)/b21-12-. The molecule has 0 amide bonds. The molecule has 0 spiro atoms. The molecular formula is C20H13N5O. The second-order valence-corrected chi connectivity index (χ2v) is 5.81. The first-order valence-electron chi connectivity index (χ1n) is 8.16. The first-order valence-corrected chi connectivity index (χ1v) is 8.16. The number of aromatic nitrogens is 3. The molecule has 0 unspecified atom stereocenters. The van der Waals surface area contributed by atoms with Crippen LogP contribution in [0.5, 0.6) is 0 Å². The van der Waals surface area contributed by atoms with Crippen LogP contribution >= 0.6 is 0 Å². The molecule has 2 aromatic heterocycles. The van der Waals surface area contributed by atoms with Crippen LogP contribution in [0.1, 0.15) is 5.76 Å². The predicted molar refractivity (Wildman–Crippen MR) is 102 cm³/mol. The normalized spacial score (nSPS) is 11.7. The van der Waals surface area contributed by atoms with Crippen molar-refractivity contribution in [3.8, 4) is 0 Å². The fourth-order valence-electron chi connectivity index (χ4n) is 3.11. The third-order valence-corrected chi connectivity index (χ3v) is 4.24. The molecule has 0 bridgehead atoms. The summed E-state index contributed by atoms with van der Waals surface area (Å²) in [5.74, 6) is 0.975. The lowest BCUT2D eigenvalue weighted by Gasteiger charge is -2.08. The highest BCUT2D eigenvalue weighted by atomic mass is 16.3. The van der Waals surface area contributed by atoms with Crippen LogP contribution in [-0.2, 0) is 0 Å². The third-order valence-electron chi connectivity index (χ3n) is 4.24. The van der Waals surface area contributed by atoms with Gasteiger partial charge in [0.2, 0.25) is 0 Å². The first-order chi connectivity index (χ1) is 12.9. The first kappa shape index (κ1) is 14.5. The van der Waals surface area contributed by atoms with Crippen molar-refractivity contribution < 1.29 is 4.42 Å². The number of anilines is 1. The molecule has 0 aliphatic rings. The molecule has 0 fully saturated rings. The average Bonchev–Trinajstić information content (AvgIpc) is 3.22. The number of benzene rings is 3. The average molecular weight is 339 g/mol. The maximum absolute atomic E-state index is 5.20. The summed E-state index contributed by atoms with van der Waals surface area (Å²) in [6.45, 7) is 0. The van der Waals surface area contributed by atoms with Gasteiger partial charge in [0.05, 0.1) is 12.5 Å². The van der Waals surface area contributed by atoms with Gasteiger partial charge in [0.25, 0.3) is 5.95 Å². The molecule has 26 heavy (non-hydrogen) atoms. The van der Waals surface area contributed by atoms with Gasteiger partial charge in [-0.15, -0.1) is 10.2 Å². The molecule has 0 aliphatic heterocycles. The Labute approximate surface area is 148 Å². The number of hydrogen-bond donors (Lipinski definition) is 1. The highest BCUT2D eigenvalue weighted by Crippen LogP contribution is 2.32. The summed E-state index contributed by atoms with van der Waals surface area (Å²) in [5, 5.41) is 17.0. The molecule has 2 heterocycles. The van der Waals surface area contributed by atoms with Crippen LogP contribution in [0.2, 0.25) is 0 Å². The van der Waals surface area contributed by atoms with Gasteiger partial charge in [-0.1, -0.05) is 48.5 Å². The fourth-order valence-corrected chi connectivity index (χ4v) is 3.11. The van der Waals surface area contributed by atoms with Crippen LogP contribution in [0.25, 0.3) is 32.6 Å². The summed E-state index contributed by atoms with van der Waals surface area (Å²) in [5.41, 5.74) is 4.39. The summed E-state index contributed by atoms with van der Waals surface area (Å²) < 4.78 is 5.20. The van der Waals surface area contributed by atoms with Gasteiger partial charge in [0, 0.05) is 10.8 Å². The van der Waals surface area contributed by atoms with Gasteiger partial charge in [0.1, 0.15) is 16.8 Å². The smallest absolute Gasteiger partial charge is 0.263 e. The van der Waals surface area contributed by atoms with Crippen LogP contribution in [-0.4, -0.2) is 21.4 Å². The van der Waals surface area contributed by atoms with E-state index in [1.54, 1.807) is 18.5 Å². The summed E-state index contributed by atoms with van der Waals surface area (Å²) in [6, 6.07) is 20.0. The van der Waals surface area contributed by atoms with Crippen LogP contribution in [0.15, 0.2) is 76.4 Å². The van der Waals surface area contributed by atoms with Crippen molar-refractivity contribution in [2.24, 2.45) is 5.10 Å². The number of nitrogens with zero attached hydrogens (tertiary/aromatic N) is 4. The maximum Gasteiger partial charge on any atom is 0.263 e. The van der Waals surface area contributed by atoms with Gasteiger partial charge in [-0.25, -0.2) is 10.4 Å². The molecule has 1 N–H and O–H groups in total. The molecule has 0 radical (unpaired) electrons. The van der Waals surface area contributed by atoms with Crippen molar-refractivity contribution in [2.75, 3.05) is 5.43 Å². The molecule has 0 saturated heterocycles. The number of furan rings is 1. The van der Waals surface area contributed by atoms with Crippen molar-refractivity contribution in [3.05, 3.63) is 72.7 Å². The van der Waals surface area contributed by atoms with Gasteiger partial charge < -0.3 is 4.42 Å². The van der Waals surface area contributed by atoms with Gasteiger partial charge in [-0.05, 0) is 22.9 Å². The Morgan fingerprint density at radius 2 is 1.46 bits per heavy atom. The molecule has 0 saturated carbocycles. The minimum absolute atomic E-state index is 0.334. The molecule has 3 aromatic carbocycles. The lowest BCUT2D eigenvalue weighted by Crippen LogP contribution is -2.00. The lowest BCUT2D eigenvalue weighted by atomic mass is 10.00. The molecule has 124 valence electrons. The molecular weight excluding hydrogens is 326 g/mol. The van der Waals surface area contributed by atoms with Crippen LogP contribution < -0.4 is 5.43 Å². The van der Waals surface area contributed by atoms with E-state index in [4.69, 9.17) is 4.42 Å². The van der Waals surface area contributed by atoms with Gasteiger partial charge in [-0.2, -0.15) is 5.10 Å². The minimum Gasteiger partial charge on any atom is -0.463 e. The predicted octanol–water partition coefficient (Wildman–Crippen LogP) is 4.37. The van der Waals surface area contributed by atoms with E-state index in [0.29, 0.717) is 11.7 Å². The minimum atomic E-state index is 0.334. The fraction of sp³-hybridized carbons (Fsp3) is 0. The van der Waals surface area contributed by atoms with E-state index in [1.807, 2.05) is 36.4 Å². The lowest BCUT2D eigenvalue weighted by molar-refractivity contribution is 0.560. The molecule has 5 rings (SSSR count). The van der Waals surface area contributed by atoms with E-state index in [2.05, 4.69) is 43.9 Å². The topological polar surface area (TPSA) is 76.2 Å². The highest BCUT2D eigenvalue weighted by molar-refractivity contribution is 6.22. The van der Waals surface area contributed by atoms with Gasteiger partial charge in [-0.3, -0.25) is 0 Å². The second-order valence-electron chi connectivity index (χ2n) is 5.81. The van der Waals surface area contributed by atoms with Crippen molar-refractivity contribution in [1.29, 1.82) is 0 Å². The zero-order valence-corrected chi connectivity index (χ0v) is 13.6. The quantitative estimate of drug-likeness (QED) is 0.300. The molecule has 6 nitrogen and oxygen atoms in total. The van der Waals surface area contributed by atoms with Crippen molar-refractivity contribution in [2.45, 2.75) is 0 Å². The number of rotatable bonds is 3. The van der Waals surface area contributed by atoms with E-state index in [0.717, 1.165) is 32.6 Å². The van der Waals surface area contributed by atoms with Crippen LogP contribution in [0.3, 0.4) is 0 Å². The molecule has 5 aromatic rings. The number of hydrazone groups is 1.